The van der Waals surface area contributed by atoms with Crippen molar-refractivity contribution in [1.29, 1.82) is 10.5 Å². The number of hydrogen-bond acceptors (Lipinski definition) is 4. The molecule has 5 heteroatoms. The molecule has 78 valence electrons. The van der Waals surface area contributed by atoms with Crippen LogP contribution in [0.25, 0.3) is 0 Å². The summed E-state index contributed by atoms with van der Waals surface area (Å²) in [5.74, 6) is -0.192. The van der Waals surface area contributed by atoms with Crippen LogP contribution < -0.4 is 0 Å². The first-order chi connectivity index (χ1) is 7.63. The van der Waals surface area contributed by atoms with Gasteiger partial charge in [0.05, 0.1) is 17.1 Å². The zero-order valence-electron chi connectivity index (χ0n) is 8.25. The van der Waals surface area contributed by atoms with Crippen molar-refractivity contribution in [1.82, 2.24) is 0 Å². The molecule has 1 aromatic carbocycles. The van der Waals surface area contributed by atoms with Crippen molar-refractivity contribution in [3.05, 3.63) is 39.9 Å². The molecule has 1 aliphatic carbocycles. The van der Waals surface area contributed by atoms with Crippen LogP contribution in [0.3, 0.4) is 0 Å². The molecule has 0 N–H and O–H groups in total. The van der Waals surface area contributed by atoms with Crippen LogP contribution in [0.4, 0.5) is 5.69 Å². The van der Waals surface area contributed by atoms with E-state index in [0.29, 0.717) is 12.0 Å². The number of nitrogens with zero attached hydrogens (tertiary/aromatic N) is 3. The second kappa shape index (κ2) is 3.32. The van der Waals surface area contributed by atoms with Crippen LogP contribution in [0.1, 0.15) is 17.9 Å². The van der Waals surface area contributed by atoms with Crippen LogP contribution in [0.2, 0.25) is 0 Å². The molecule has 0 spiro atoms. The summed E-state index contributed by atoms with van der Waals surface area (Å²) < 4.78 is 0. The molecule has 0 amide bonds. The van der Waals surface area contributed by atoms with E-state index in [9.17, 15) is 10.1 Å². The molecule has 16 heavy (non-hydrogen) atoms. The van der Waals surface area contributed by atoms with Crippen LogP contribution in [0.15, 0.2) is 24.3 Å². The fraction of sp³-hybridized carbons (Fsp3) is 0.273. The average molecular weight is 213 g/mol. The van der Waals surface area contributed by atoms with Crippen LogP contribution in [0.5, 0.6) is 0 Å². The van der Waals surface area contributed by atoms with Crippen molar-refractivity contribution < 1.29 is 4.92 Å². The highest BCUT2D eigenvalue weighted by Gasteiger charge is 2.56. The molecule has 0 saturated heterocycles. The number of benzene rings is 1. The Kier molecular flexibility index (Phi) is 2.10. The van der Waals surface area contributed by atoms with Crippen molar-refractivity contribution in [3.63, 3.8) is 0 Å². The van der Waals surface area contributed by atoms with Crippen LogP contribution >= 0.6 is 0 Å². The highest BCUT2D eigenvalue weighted by atomic mass is 16.6. The second-order valence-electron chi connectivity index (χ2n) is 3.80. The Morgan fingerprint density at radius 2 is 2.12 bits per heavy atom. The second-order valence-corrected chi connectivity index (χ2v) is 3.80. The van der Waals surface area contributed by atoms with Gasteiger partial charge < -0.3 is 0 Å². The molecular weight excluding hydrogens is 206 g/mol. The Morgan fingerprint density at radius 1 is 1.44 bits per heavy atom. The van der Waals surface area contributed by atoms with E-state index in [1.54, 1.807) is 12.1 Å². The molecular formula is C11H7N3O2. The Morgan fingerprint density at radius 3 is 2.62 bits per heavy atom. The van der Waals surface area contributed by atoms with Gasteiger partial charge in [0.1, 0.15) is 0 Å². The predicted octanol–water partition coefficient (Wildman–Crippen LogP) is 2.12. The minimum Gasteiger partial charge on any atom is -0.258 e. The lowest BCUT2D eigenvalue weighted by atomic mass is 10.0. The van der Waals surface area contributed by atoms with Gasteiger partial charge in [-0.25, -0.2) is 0 Å². The minimum absolute atomic E-state index is 0.00539. The third-order valence-electron chi connectivity index (χ3n) is 2.84. The van der Waals surface area contributed by atoms with E-state index in [1.165, 1.54) is 12.1 Å². The fourth-order valence-electron chi connectivity index (χ4n) is 1.79. The van der Waals surface area contributed by atoms with Gasteiger partial charge in [-0.15, -0.1) is 0 Å². The standard InChI is InChI=1S/C11H7N3O2/c12-6-11(7-13)5-10(11)8-2-1-3-9(4-8)14(15)16/h1-4,10H,5H2. The SMILES string of the molecule is N#CC1(C#N)CC1c1cccc([N+](=O)[O-])c1. The molecule has 1 saturated carbocycles. The molecule has 1 aromatic rings. The third-order valence-corrected chi connectivity index (χ3v) is 2.84. The summed E-state index contributed by atoms with van der Waals surface area (Å²) in [6.45, 7) is 0. The van der Waals surface area contributed by atoms with Crippen molar-refractivity contribution in [2.24, 2.45) is 5.41 Å². The van der Waals surface area contributed by atoms with Crippen LogP contribution in [-0.2, 0) is 0 Å². The first-order valence-corrected chi connectivity index (χ1v) is 4.70. The van der Waals surface area contributed by atoms with E-state index < -0.39 is 10.3 Å². The van der Waals surface area contributed by atoms with Crippen molar-refractivity contribution in [3.8, 4) is 12.1 Å². The molecule has 0 aliphatic heterocycles. The number of nitro benzene ring substituents is 1. The molecule has 0 radical (unpaired) electrons. The van der Waals surface area contributed by atoms with Crippen molar-refractivity contribution >= 4 is 5.69 Å². The minimum atomic E-state index is -0.977. The van der Waals surface area contributed by atoms with E-state index >= 15 is 0 Å². The molecule has 0 aromatic heterocycles. The Labute approximate surface area is 91.7 Å². The summed E-state index contributed by atoms with van der Waals surface area (Å²) in [5.41, 5.74) is -0.290. The number of hydrogen-bond donors (Lipinski definition) is 0. The topological polar surface area (TPSA) is 90.7 Å². The van der Waals surface area contributed by atoms with Gasteiger partial charge in [0, 0.05) is 18.1 Å². The maximum atomic E-state index is 10.6. The molecule has 2 rings (SSSR count). The molecule has 5 nitrogen and oxygen atoms in total. The number of nitro groups is 1. The lowest BCUT2D eigenvalue weighted by molar-refractivity contribution is -0.384. The summed E-state index contributed by atoms with van der Waals surface area (Å²) in [6, 6.07) is 10.1. The number of nitriles is 2. The lowest BCUT2D eigenvalue weighted by Crippen LogP contribution is -1.96. The van der Waals surface area contributed by atoms with Crippen molar-refractivity contribution in [2.75, 3.05) is 0 Å². The van der Waals surface area contributed by atoms with E-state index in [0.717, 1.165) is 0 Å². The monoisotopic (exact) mass is 213 g/mol. The Hall–Kier alpha value is -2.40. The van der Waals surface area contributed by atoms with Gasteiger partial charge in [-0.05, 0) is 12.0 Å². The number of rotatable bonds is 2. The average Bonchev–Trinajstić information content (AvgIpc) is 3.04. The third kappa shape index (κ3) is 1.39. The lowest BCUT2D eigenvalue weighted by Gasteiger charge is -1.99. The summed E-state index contributed by atoms with van der Waals surface area (Å²) in [4.78, 5) is 10.1. The molecule has 0 bridgehead atoms. The van der Waals surface area contributed by atoms with Gasteiger partial charge in [0.15, 0.2) is 5.41 Å². The first kappa shape index (κ1) is 10.1. The van der Waals surface area contributed by atoms with Crippen LogP contribution in [-0.4, -0.2) is 4.92 Å². The van der Waals surface area contributed by atoms with Gasteiger partial charge in [-0.1, -0.05) is 12.1 Å². The highest BCUT2D eigenvalue weighted by Crippen LogP contribution is 2.58. The zero-order valence-corrected chi connectivity index (χ0v) is 8.25. The van der Waals surface area contributed by atoms with E-state index in [4.69, 9.17) is 10.5 Å². The summed E-state index contributed by atoms with van der Waals surface area (Å²) in [6.07, 6.45) is 0.459. The van der Waals surface area contributed by atoms with E-state index in [1.807, 2.05) is 12.1 Å². The van der Waals surface area contributed by atoms with Gasteiger partial charge in [-0.2, -0.15) is 10.5 Å². The maximum absolute atomic E-state index is 10.6. The number of non-ortho nitro benzene ring substituents is 1. The van der Waals surface area contributed by atoms with Gasteiger partial charge in [0.2, 0.25) is 0 Å². The molecule has 1 fully saturated rings. The molecule has 0 heterocycles. The summed E-state index contributed by atoms with van der Waals surface area (Å²) in [7, 11) is 0. The van der Waals surface area contributed by atoms with Gasteiger partial charge in [-0.3, -0.25) is 10.1 Å². The zero-order chi connectivity index (χ0) is 11.8. The Bertz CT molecular complexity index is 525. The molecule has 1 unspecified atom stereocenters. The summed E-state index contributed by atoms with van der Waals surface area (Å²) >= 11 is 0. The van der Waals surface area contributed by atoms with E-state index in [2.05, 4.69) is 0 Å². The highest BCUT2D eigenvalue weighted by molar-refractivity contribution is 5.45. The fourth-order valence-corrected chi connectivity index (χ4v) is 1.79. The van der Waals surface area contributed by atoms with Crippen molar-refractivity contribution in [2.45, 2.75) is 12.3 Å². The van der Waals surface area contributed by atoms with E-state index in [-0.39, 0.29) is 11.6 Å². The maximum Gasteiger partial charge on any atom is 0.269 e. The molecule has 1 atom stereocenters. The van der Waals surface area contributed by atoms with Gasteiger partial charge in [0.25, 0.3) is 5.69 Å². The largest absolute Gasteiger partial charge is 0.269 e. The smallest absolute Gasteiger partial charge is 0.258 e. The van der Waals surface area contributed by atoms with Gasteiger partial charge >= 0.3 is 0 Å². The molecule has 1 aliphatic rings. The predicted molar refractivity (Wildman–Crippen MR) is 54.1 cm³/mol. The quantitative estimate of drug-likeness (QED) is 0.555. The van der Waals surface area contributed by atoms with Crippen LogP contribution in [0, 0.1) is 38.2 Å². The Balaban J connectivity index is 2.33. The first-order valence-electron chi connectivity index (χ1n) is 4.70. The normalized spacial score (nSPS) is 20.5. The summed E-state index contributed by atoms with van der Waals surface area (Å²) in [5, 5.41) is 28.3.